The third kappa shape index (κ3) is 1.87. The van der Waals surface area contributed by atoms with Gasteiger partial charge in [0.2, 0.25) is 0 Å². The topological polar surface area (TPSA) is 82.2 Å². The summed E-state index contributed by atoms with van der Waals surface area (Å²) in [5.41, 5.74) is 6.35. The van der Waals surface area contributed by atoms with Gasteiger partial charge in [0, 0.05) is 21.1 Å². The number of carbonyl (C=O) groups is 1. The summed E-state index contributed by atoms with van der Waals surface area (Å²) in [7, 11) is 5.14. The molecule has 6 heteroatoms. The zero-order chi connectivity index (χ0) is 11.6. The van der Waals surface area contributed by atoms with Crippen LogP contribution >= 0.6 is 11.3 Å². The van der Waals surface area contributed by atoms with Crippen molar-refractivity contribution in [1.82, 2.24) is 5.32 Å². The Morgan fingerprint density at radius 3 is 2.53 bits per heavy atom. The Balaban J connectivity index is 3.35. The standard InChI is InChI=1S/C9H12N4OS/c1-12-8(14)7-6(11)5(4-10)9(15-7)13(2)3/h11H2,1-3H3,(H,12,14). The van der Waals surface area contributed by atoms with Gasteiger partial charge in [0.05, 0.1) is 5.69 Å². The number of hydrogen-bond acceptors (Lipinski definition) is 5. The Bertz CT molecular complexity index is 430. The van der Waals surface area contributed by atoms with Crippen LogP contribution in [0.3, 0.4) is 0 Å². The third-order valence-electron chi connectivity index (χ3n) is 1.88. The molecule has 1 heterocycles. The second-order valence-corrected chi connectivity index (χ2v) is 4.11. The quantitative estimate of drug-likeness (QED) is 0.771. The van der Waals surface area contributed by atoms with Crippen molar-refractivity contribution in [3.8, 4) is 6.07 Å². The normalized spacial score (nSPS) is 9.47. The van der Waals surface area contributed by atoms with Gasteiger partial charge in [-0.2, -0.15) is 5.26 Å². The summed E-state index contributed by atoms with van der Waals surface area (Å²) < 4.78 is 0. The molecule has 0 aliphatic carbocycles. The van der Waals surface area contributed by atoms with Crippen molar-refractivity contribution in [3.63, 3.8) is 0 Å². The average molecular weight is 224 g/mol. The number of anilines is 2. The lowest BCUT2D eigenvalue weighted by atomic mass is 10.2. The Kier molecular flexibility index (Phi) is 3.17. The summed E-state index contributed by atoms with van der Waals surface area (Å²) in [5.74, 6) is -0.262. The van der Waals surface area contributed by atoms with Crippen molar-refractivity contribution in [1.29, 1.82) is 5.26 Å². The molecule has 0 radical (unpaired) electrons. The van der Waals surface area contributed by atoms with E-state index in [0.29, 0.717) is 15.4 Å². The summed E-state index contributed by atoms with van der Waals surface area (Å²) >= 11 is 1.22. The molecular formula is C9H12N4OS. The highest BCUT2D eigenvalue weighted by Crippen LogP contribution is 2.36. The van der Waals surface area contributed by atoms with Gasteiger partial charge in [0.25, 0.3) is 5.91 Å². The largest absolute Gasteiger partial charge is 0.396 e. The van der Waals surface area contributed by atoms with Gasteiger partial charge in [-0.3, -0.25) is 4.79 Å². The summed E-state index contributed by atoms with van der Waals surface area (Å²) in [6.07, 6.45) is 0. The maximum atomic E-state index is 11.4. The van der Waals surface area contributed by atoms with E-state index in [-0.39, 0.29) is 11.6 Å². The van der Waals surface area contributed by atoms with E-state index in [1.807, 2.05) is 6.07 Å². The predicted octanol–water partition coefficient (Wildman–Crippen LogP) is 0.628. The first-order valence-electron chi connectivity index (χ1n) is 4.24. The molecule has 80 valence electrons. The molecule has 0 spiro atoms. The Morgan fingerprint density at radius 2 is 2.20 bits per heavy atom. The molecule has 0 aliphatic heterocycles. The molecule has 0 unspecified atom stereocenters. The van der Waals surface area contributed by atoms with Crippen molar-refractivity contribution in [3.05, 3.63) is 10.4 Å². The van der Waals surface area contributed by atoms with Crippen molar-refractivity contribution >= 4 is 27.9 Å². The number of carbonyl (C=O) groups excluding carboxylic acids is 1. The average Bonchev–Trinajstić information content (AvgIpc) is 2.54. The second kappa shape index (κ2) is 4.19. The van der Waals surface area contributed by atoms with Gasteiger partial charge in [-0.15, -0.1) is 11.3 Å². The van der Waals surface area contributed by atoms with Crippen LogP contribution in [0.2, 0.25) is 0 Å². The molecule has 0 bridgehead atoms. The molecule has 0 aromatic carbocycles. The first-order chi connectivity index (χ1) is 7.02. The van der Waals surface area contributed by atoms with E-state index in [4.69, 9.17) is 11.0 Å². The van der Waals surface area contributed by atoms with E-state index >= 15 is 0 Å². The lowest BCUT2D eigenvalue weighted by Gasteiger charge is -2.08. The van der Waals surface area contributed by atoms with Crippen molar-refractivity contribution < 1.29 is 4.79 Å². The summed E-state index contributed by atoms with van der Waals surface area (Å²) in [4.78, 5) is 13.6. The maximum Gasteiger partial charge on any atom is 0.263 e. The number of nitrogens with two attached hydrogens (primary N) is 1. The number of nitrogens with one attached hydrogen (secondary N) is 1. The maximum absolute atomic E-state index is 11.4. The number of thiophene rings is 1. The molecule has 5 nitrogen and oxygen atoms in total. The van der Waals surface area contributed by atoms with Crippen LogP contribution in [0, 0.1) is 11.3 Å². The number of rotatable bonds is 2. The van der Waals surface area contributed by atoms with E-state index in [0.717, 1.165) is 0 Å². The van der Waals surface area contributed by atoms with Gasteiger partial charge < -0.3 is 16.0 Å². The van der Waals surface area contributed by atoms with Gasteiger partial charge in [0.15, 0.2) is 0 Å². The summed E-state index contributed by atoms with van der Waals surface area (Å²) in [5, 5.41) is 12.1. The van der Waals surface area contributed by atoms with Crippen LogP contribution in [-0.2, 0) is 0 Å². The van der Waals surface area contributed by atoms with Gasteiger partial charge in [0.1, 0.15) is 21.5 Å². The third-order valence-corrected chi connectivity index (χ3v) is 3.25. The number of hydrogen-bond donors (Lipinski definition) is 2. The molecule has 0 aliphatic rings. The Hall–Kier alpha value is -1.74. The molecule has 1 aromatic rings. The van der Waals surface area contributed by atoms with Crippen LogP contribution in [0.25, 0.3) is 0 Å². The molecule has 0 atom stereocenters. The molecule has 0 saturated heterocycles. The number of nitriles is 1. The molecule has 15 heavy (non-hydrogen) atoms. The number of nitrogen functional groups attached to an aromatic ring is 1. The van der Waals surface area contributed by atoms with Crippen LogP contribution < -0.4 is 16.0 Å². The summed E-state index contributed by atoms with van der Waals surface area (Å²) in [6.45, 7) is 0. The van der Waals surface area contributed by atoms with E-state index in [1.165, 1.54) is 18.4 Å². The fourth-order valence-corrected chi connectivity index (χ4v) is 2.18. The van der Waals surface area contributed by atoms with Gasteiger partial charge in [-0.1, -0.05) is 0 Å². The Morgan fingerprint density at radius 1 is 1.60 bits per heavy atom. The number of amides is 1. The second-order valence-electron chi connectivity index (χ2n) is 3.11. The van der Waals surface area contributed by atoms with Crippen molar-refractivity contribution in [2.45, 2.75) is 0 Å². The smallest absolute Gasteiger partial charge is 0.263 e. The lowest BCUT2D eigenvalue weighted by molar-refractivity contribution is 0.0968. The highest BCUT2D eigenvalue weighted by Gasteiger charge is 2.20. The fourth-order valence-electron chi connectivity index (χ4n) is 1.14. The van der Waals surface area contributed by atoms with Crippen molar-refractivity contribution in [2.75, 3.05) is 31.8 Å². The van der Waals surface area contributed by atoms with Gasteiger partial charge >= 0.3 is 0 Å². The monoisotopic (exact) mass is 224 g/mol. The highest BCUT2D eigenvalue weighted by atomic mass is 32.1. The molecule has 0 saturated carbocycles. The zero-order valence-electron chi connectivity index (χ0n) is 8.79. The first kappa shape index (κ1) is 11.3. The molecule has 1 amide bonds. The summed E-state index contributed by atoms with van der Waals surface area (Å²) in [6, 6.07) is 2.01. The van der Waals surface area contributed by atoms with Crippen LogP contribution in [0.5, 0.6) is 0 Å². The zero-order valence-corrected chi connectivity index (χ0v) is 9.60. The lowest BCUT2D eigenvalue weighted by Crippen LogP contribution is -2.17. The predicted molar refractivity (Wildman–Crippen MR) is 61.2 cm³/mol. The van der Waals surface area contributed by atoms with Crippen LogP contribution in [0.15, 0.2) is 0 Å². The minimum absolute atomic E-state index is 0.255. The van der Waals surface area contributed by atoms with E-state index in [1.54, 1.807) is 19.0 Å². The van der Waals surface area contributed by atoms with Crippen molar-refractivity contribution in [2.24, 2.45) is 0 Å². The van der Waals surface area contributed by atoms with Gasteiger partial charge in [-0.05, 0) is 0 Å². The van der Waals surface area contributed by atoms with Crippen LogP contribution in [0.1, 0.15) is 15.2 Å². The van der Waals surface area contributed by atoms with Crippen LogP contribution in [0.4, 0.5) is 10.7 Å². The molecule has 0 fully saturated rings. The molecule has 1 aromatic heterocycles. The Labute approximate surface area is 92.1 Å². The first-order valence-corrected chi connectivity index (χ1v) is 5.06. The van der Waals surface area contributed by atoms with E-state index < -0.39 is 0 Å². The highest BCUT2D eigenvalue weighted by molar-refractivity contribution is 7.19. The van der Waals surface area contributed by atoms with E-state index in [9.17, 15) is 4.79 Å². The van der Waals surface area contributed by atoms with E-state index in [2.05, 4.69) is 5.32 Å². The fraction of sp³-hybridized carbons (Fsp3) is 0.333. The minimum atomic E-state index is -0.262. The molecule has 1 rings (SSSR count). The molecule has 3 N–H and O–H groups in total. The number of nitrogens with zero attached hydrogens (tertiary/aromatic N) is 2. The van der Waals surface area contributed by atoms with Gasteiger partial charge in [-0.25, -0.2) is 0 Å². The minimum Gasteiger partial charge on any atom is -0.396 e. The SMILES string of the molecule is CNC(=O)c1sc(N(C)C)c(C#N)c1N. The van der Waals surface area contributed by atoms with Crippen LogP contribution in [-0.4, -0.2) is 27.1 Å². The molecular weight excluding hydrogens is 212 g/mol.